The van der Waals surface area contributed by atoms with Crippen molar-refractivity contribution >= 4 is 33.2 Å². The average Bonchev–Trinajstić information content (AvgIpc) is 2.42. The zero-order chi connectivity index (χ0) is 15.4. The summed E-state index contributed by atoms with van der Waals surface area (Å²) in [5.74, 6) is 0.123. The van der Waals surface area contributed by atoms with Crippen molar-refractivity contribution in [3.05, 3.63) is 51.2 Å². The number of hydrogen-bond acceptors (Lipinski definition) is 3. The molecule has 1 N–H and O–H groups in total. The summed E-state index contributed by atoms with van der Waals surface area (Å²) in [4.78, 5) is 4.02. The van der Waals surface area contributed by atoms with Crippen LogP contribution in [-0.2, 0) is 6.54 Å². The lowest BCUT2D eigenvalue weighted by Gasteiger charge is -2.13. The summed E-state index contributed by atoms with van der Waals surface area (Å²) < 4.78 is 30.1. The van der Waals surface area contributed by atoms with Crippen LogP contribution in [0.4, 0.5) is 14.5 Å². The third kappa shape index (κ3) is 4.54. The molecule has 0 radical (unpaired) electrons. The molecule has 1 heterocycles. The second kappa shape index (κ2) is 7.04. The van der Waals surface area contributed by atoms with Gasteiger partial charge < -0.3 is 10.1 Å². The molecule has 0 amide bonds. The first-order valence-electron chi connectivity index (χ1n) is 6.05. The van der Waals surface area contributed by atoms with Gasteiger partial charge >= 0.3 is 6.61 Å². The van der Waals surface area contributed by atoms with Gasteiger partial charge in [-0.3, -0.25) is 0 Å². The average molecular weight is 378 g/mol. The fraction of sp³-hybridized carbons (Fsp3) is 0.214. The predicted octanol–water partition coefficient (Wildman–Crippen LogP) is 5.02. The second-order valence-corrected chi connectivity index (χ2v) is 5.61. The highest BCUT2D eigenvalue weighted by Gasteiger charge is 2.11. The van der Waals surface area contributed by atoms with Gasteiger partial charge in [0, 0.05) is 22.8 Å². The summed E-state index contributed by atoms with van der Waals surface area (Å²) >= 11 is 9.29. The third-order valence-corrected chi connectivity index (χ3v) is 3.48. The molecule has 0 spiro atoms. The summed E-state index contributed by atoms with van der Waals surface area (Å²) in [6, 6.07) is 6.68. The van der Waals surface area contributed by atoms with E-state index in [0.717, 1.165) is 10.0 Å². The minimum Gasteiger partial charge on any atom is -0.434 e. The fourth-order valence-corrected chi connectivity index (χ4v) is 2.34. The van der Waals surface area contributed by atoms with Crippen LogP contribution in [0, 0.1) is 6.92 Å². The number of nitrogens with zero attached hydrogens (tertiary/aromatic N) is 1. The lowest BCUT2D eigenvalue weighted by atomic mass is 10.2. The minimum absolute atomic E-state index is 0.123. The quantitative estimate of drug-likeness (QED) is 0.743. The number of halogens is 4. The molecule has 21 heavy (non-hydrogen) atoms. The SMILES string of the molecule is Cc1cnc(Cl)c(NCc2cc(Br)ccc2OC(F)F)c1. The van der Waals surface area contributed by atoms with Crippen LogP contribution in [0.3, 0.4) is 0 Å². The molecule has 0 saturated heterocycles. The summed E-state index contributed by atoms with van der Waals surface area (Å²) in [5.41, 5.74) is 2.17. The van der Waals surface area contributed by atoms with E-state index in [1.54, 1.807) is 18.3 Å². The van der Waals surface area contributed by atoms with Gasteiger partial charge in [-0.05, 0) is 36.8 Å². The van der Waals surface area contributed by atoms with Crippen LogP contribution in [0.5, 0.6) is 5.75 Å². The Bertz CT molecular complexity index is 640. The number of benzene rings is 1. The van der Waals surface area contributed by atoms with Crippen molar-refractivity contribution in [1.29, 1.82) is 0 Å². The predicted molar refractivity (Wildman–Crippen MR) is 82.1 cm³/mol. The first-order valence-corrected chi connectivity index (χ1v) is 7.22. The van der Waals surface area contributed by atoms with Gasteiger partial charge in [-0.1, -0.05) is 27.5 Å². The zero-order valence-corrected chi connectivity index (χ0v) is 13.4. The van der Waals surface area contributed by atoms with Gasteiger partial charge in [0.05, 0.1) is 5.69 Å². The van der Waals surface area contributed by atoms with Crippen molar-refractivity contribution in [1.82, 2.24) is 4.98 Å². The van der Waals surface area contributed by atoms with E-state index in [9.17, 15) is 8.78 Å². The summed E-state index contributed by atoms with van der Waals surface area (Å²) in [7, 11) is 0. The van der Waals surface area contributed by atoms with Gasteiger partial charge in [-0.25, -0.2) is 4.98 Å². The topological polar surface area (TPSA) is 34.2 Å². The molecule has 0 bridgehead atoms. The molecule has 1 aromatic carbocycles. The van der Waals surface area contributed by atoms with Crippen molar-refractivity contribution in [3.63, 3.8) is 0 Å². The van der Waals surface area contributed by atoms with Crippen LogP contribution in [-0.4, -0.2) is 11.6 Å². The summed E-state index contributed by atoms with van der Waals surface area (Å²) in [6.07, 6.45) is 1.65. The molecule has 7 heteroatoms. The Morgan fingerprint density at radius 2 is 2.14 bits per heavy atom. The Morgan fingerprint density at radius 3 is 2.86 bits per heavy atom. The van der Waals surface area contributed by atoms with Crippen molar-refractivity contribution < 1.29 is 13.5 Å². The standard InChI is InChI=1S/C14H12BrClF2N2O/c1-8-4-11(13(16)20-6-8)19-7-9-5-10(15)2-3-12(9)21-14(17)18/h2-6,14,19H,7H2,1H3. The molecular formula is C14H12BrClF2N2O. The lowest BCUT2D eigenvalue weighted by molar-refractivity contribution is -0.0504. The molecule has 0 fully saturated rings. The second-order valence-electron chi connectivity index (χ2n) is 4.34. The van der Waals surface area contributed by atoms with E-state index in [2.05, 4.69) is 31.0 Å². The van der Waals surface area contributed by atoms with E-state index in [-0.39, 0.29) is 12.3 Å². The van der Waals surface area contributed by atoms with E-state index < -0.39 is 6.61 Å². The molecule has 0 unspecified atom stereocenters. The maximum atomic E-state index is 12.4. The van der Waals surface area contributed by atoms with E-state index in [4.69, 9.17) is 11.6 Å². The summed E-state index contributed by atoms with van der Waals surface area (Å²) in [5, 5.41) is 3.40. The van der Waals surface area contributed by atoms with Crippen LogP contribution < -0.4 is 10.1 Å². The molecule has 0 aliphatic heterocycles. The lowest BCUT2D eigenvalue weighted by Crippen LogP contribution is -2.07. The van der Waals surface area contributed by atoms with Crippen LogP contribution in [0.2, 0.25) is 5.15 Å². The van der Waals surface area contributed by atoms with Gasteiger partial charge in [0.15, 0.2) is 5.15 Å². The highest BCUT2D eigenvalue weighted by molar-refractivity contribution is 9.10. The largest absolute Gasteiger partial charge is 0.434 e. The van der Waals surface area contributed by atoms with Gasteiger partial charge in [0.25, 0.3) is 0 Å². The van der Waals surface area contributed by atoms with Crippen molar-refractivity contribution in [3.8, 4) is 5.75 Å². The molecular weight excluding hydrogens is 366 g/mol. The first kappa shape index (κ1) is 16.0. The van der Waals surface area contributed by atoms with Crippen molar-refractivity contribution in [2.24, 2.45) is 0 Å². The molecule has 2 rings (SSSR count). The number of aryl methyl sites for hydroxylation is 1. The van der Waals surface area contributed by atoms with E-state index in [1.807, 2.05) is 13.0 Å². The van der Waals surface area contributed by atoms with Gasteiger partial charge in [0.1, 0.15) is 5.75 Å². The zero-order valence-electron chi connectivity index (χ0n) is 11.0. The first-order chi connectivity index (χ1) is 9.95. The monoisotopic (exact) mass is 376 g/mol. The molecule has 0 saturated carbocycles. The highest BCUT2D eigenvalue weighted by atomic mass is 79.9. The van der Waals surface area contributed by atoms with Gasteiger partial charge in [-0.2, -0.15) is 8.78 Å². The maximum absolute atomic E-state index is 12.4. The maximum Gasteiger partial charge on any atom is 0.387 e. The summed E-state index contributed by atoms with van der Waals surface area (Å²) in [6.45, 7) is -0.695. The normalized spacial score (nSPS) is 10.8. The number of hydrogen-bond donors (Lipinski definition) is 1. The molecule has 0 aliphatic carbocycles. The van der Waals surface area contributed by atoms with Gasteiger partial charge in [0.2, 0.25) is 0 Å². The Hall–Kier alpha value is -1.40. The van der Waals surface area contributed by atoms with Crippen LogP contribution in [0.1, 0.15) is 11.1 Å². The minimum atomic E-state index is -2.87. The Balaban J connectivity index is 2.18. The van der Waals surface area contributed by atoms with Crippen LogP contribution in [0.25, 0.3) is 0 Å². The molecule has 3 nitrogen and oxygen atoms in total. The van der Waals surface area contributed by atoms with Crippen molar-refractivity contribution in [2.75, 3.05) is 5.32 Å². The smallest absolute Gasteiger partial charge is 0.387 e. The molecule has 1 aromatic heterocycles. The Morgan fingerprint density at radius 1 is 1.38 bits per heavy atom. The number of ether oxygens (including phenoxy) is 1. The molecule has 112 valence electrons. The fourth-order valence-electron chi connectivity index (χ4n) is 1.76. The molecule has 2 aromatic rings. The van der Waals surface area contributed by atoms with E-state index >= 15 is 0 Å². The number of alkyl halides is 2. The van der Waals surface area contributed by atoms with E-state index in [1.165, 1.54) is 6.07 Å². The van der Waals surface area contributed by atoms with Gasteiger partial charge in [-0.15, -0.1) is 0 Å². The van der Waals surface area contributed by atoms with Crippen molar-refractivity contribution in [2.45, 2.75) is 20.1 Å². The van der Waals surface area contributed by atoms with E-state index in [0.29, 0.717) is 16.4 Å². The Labute approximate surface area is 134 Å². The molecule has 0 atom stereocenters. The third-order valence-electron chi connectivity index (χ3n) is 2.68. The highest BCUT2D eigenvalue weighted by Crippen LogP contribution is 2.27. The number of aromatic nitrogens is 1. The number of nitrogens with one attached hydrogen (secondary N) is 1. The number of anilines is 1. The number of rotatable bonds is 5. The Kier molecular flexibility index (Phi) is 5.36. The molecule has 0 aliphatic rings. The van der Waals surface area contributed by atoms with Crippen LogP contribution in [0.15, 0.2) is 34.9 Å². The number of pyridine rings is 1. The van der Waals surface area contributed by atoms with Crippen LogP contribution >= 0.6 is 27.5 Å².